The van der Waals surface area contributed by atoms with E-state index in [2.05, 4.69) is 32.8 Å². The molecule has 0 amide bonds. The first-order valence-electron chi connectivity index (χ1n) is 7.74. The summed E-state index contributed by atoms with van der Waals surface area (Å²) in [5, 5.41) is 0. The molecule has 0 radical (unpaired) electrons. The van der Waals surface area contributed by atoms with Gasteiger partial charge in [-0.2, -0.15) is 0 Å². The van der Waals surface area contributed by atoms with Gasteiger partial charge in [-0.25, -0.2) is 15.0 Å². The number of ether oxygens (including phenoxy) is 1. The topological polar surface area (TPSA) is 51.1 Å². The summed E-state index contributed by atoms with van der Waals surface area (Å²) in [6, 6.07) is 4.01. The summed E-state index contributed by atoms with van der Waals surface area (Å²) in [6.45, 7) is 5.25. The van der Waals surface area contributed by atoms with E-state index < -0.39 is 0 Å². The number of likely N-dealkylation sites (tertiary alicyclic amines) is 1. The predicted molar refractivity (Wildman–Crippen MR) is 84.8 cm³/mol. The molecule has 0 bridgehead atoms. The summed E-state index contributed by atoms with van der Waals surface area (Å²) < 4.78 is 5.10. The number of hydrogen-bond acceptors (Lipinski definition) is 5. The van der Waals surface area contributed by atoms with E-state index in [0.29, 0.717) is 11.8 Å². The van der Waals surface area contributed by atoms with E-state index in [9.17, 15) is 0 Å². The van der Waals surface area contributed by atoms with E-state index in [1.54, 1.807) is 13.4 Å². The molecule has 1 fully saturated rings. The maximum Gasteiger partial charge on any atom is 0.212 e. The van der Waals surface area contributed by atoms with E-state index in [1.165, 1.54) is 16.8 Å². The van der Waals surface area contributed by atoms with Crippen LogP contribution in [0.4, 0.5) is 0 Å². The molecule has 2 aromatic heterocycles. The zero-order chi connectivity index (χ0) is 15.4. The highest BCUT2D eigenvalue weighted by Crippen LogP contribution is 2.28. The Bertz CT molecular complexity index is 606. The van der Waals surface area contributed by atoms with Gasteiger partial charge in [0, 0.05) is 36.6 Å². The van der Waals surface area contributed by atoms with Crippen molar-refractivity contribution in [2.24, 2.45) is 0 Å². The Morgan fingerprint density at radius 1 is 1.18 bits per heavy atom. The monoisotopic (exact) mass is 298 g/mol. The molecule has 22 heavy (non-hydrogen) atoms. The Labute approximate surface area is 131 Å². The lowest BCUT2D eigenvalue weighted by molar-refractivity contribution is 0.202. The van der Waals surface area contributed by atoms with E-state index in [-0.39, 0.29) is 0 Å². The average molecular weight is 298 g/mol. The second-order valence-corrected chi connectivity index (χ2v) is 5.85. The Morgan fingerprint density at radius 2 is 2.00 bits per heavy atom. The van der Waals surface area contributed by atoms with Crippen molar-refractivity contribution in [1.29, 1.82) is 0 Å². The number of nitrogens with zero attached hydrogens (tertiary/aromatic N) is 4. The molecule has 0 atom stereocenters. The molecule has 0 aliphatic carbocycles. The molecule has 0 spiro atoms. The highest BCUT2D eigenvalue weighted by Gasteiger charge is 2.22. The number of piperidine rings is 1. The van der Waals surface area contributed by atoms with Crippen molar-refractivity contribution in [1.82, 2.24) is 19.9 Å². The standard InChI is InChI=1S/C17H22N4O/c1-13-9-18-12-20-17(13)15-5-7-21(8-6-15)11-14-3-4-16(22-2)19-10-14/h3-4,9-10,12,15H,5-8,11H2,1-2H3. The van der Waals surface area contributed by atoms with Gasteiger partial charge in [-0.3, -0.25) is 4.90 Å². The first-order valence-corrected chi connectivity index (χ1v) is 7.74. The molecule has 0 aromatic carbocycles. The van der Waals surface area contributed by atoms with Crippen molar-refractivity contribution < 1.29 is 4.74 Å². The lowest BCUT2D eigenvalue weighted by Crippen LogP contribution is -2.33. The van der Waals surface area contributed by atoms with Gasteiger partial charge in [0.05, 0.1) is 7.11 Å². The largest absolute Gasteiger partial charge is 0.481 e. The normalized spacial score (nSPS) is 16.6. The third-order valence-electron chi connectivity index (χ3n) is 4.32. The molecule has 2 aromatic rings. The molecule has 5 heteroatoms. The minimum Gasteiger partial charge on any atom is -0.481 e. The molecule has 0 unspecified atom stereocenters. The van der Waals surface area contributed by atoms with Crippen LogP contribution in [0.5, 0.6) is 5.88 Å². The van der Waals surface area contributed by atoms with Gasteiger partial charge >= 0.3 is 0 Å². The first-order chi connectivity index (χ1) is 10.8. The minimum absolute atomic E-state index is 0.563. The van der Waals surface area contributed by atoms with Crippen LogP contribution < -0.4 is 4.74 Å². The Hall–Kier alpha value is -2.01. The van der Waals surface area contributed by atoms with Crippen molar-refractivity contribution in [3.05, 3.63) is 47.7 Å². The van der Waals surface area contributed by atoms with Crippen LogP contribution in [0.25, 0.3) is 0 Å². The van der Waals surface area contributed by atoms with Crippen molar-refractivity contribution in [2.75, 3.05) is 20.2 Å². The zero-order valence-electron chi connectivity index (χ0n) is 13.2. The number of hydrogen-bond donors (Lipinski definition) is 0. The van der Waals surface area contributed by atoms with Gasteiger partial charge in [0.2, 0.25) is 5.88 Å². The molecule has 1 saturated heterocycles. The smallest absolute Gasteiger partial charge is 0.212 e. The molecule has 5 nitrogen and oxygen atoms in total. The zero-order valence-corrected chi connectivity index (χ0v) is 13.2. The van der Waals surface area contributed by atoms with E-state index >= 15 is 0 Å². The van der Waals surface area contributed by atoms with Crippen LogP contribution in [0.2, 0.25) is 0 Å². The lowest BCUT2D eigenvalue weighted by atomic mass is 9.91. The maximum atomic E-state index is 5.10. The minimum atomic E-state index is 0.563. The summed E-state index contributed by atoms with van der Waals surface area (Å²) in [5.74, 6) is 1.23. The fraction of sp³-hybridized carbons (Fsp3) is 0.471. The molecule has 1 aliphatic heterocycles. The van der Waals surface area contributed by atoms with Crippen molar-refractivity contribution in [3.63, 3.8) is 0 Å². The SMILES string of the molecule is COc1ccc(CN2CCC(c3ncncc3C)CC2)cn1. The molecule has 0 saturated carbocycles. The number of methoxy groups -OCH3 is 1. The predicted octanol–water partition coefficient (Wildman–Crippen LogP) is 2.57. The van der Waals surface area contributed by atoms with Crippen LogP contribution >= 0.6 is 0 Å². The molecular formula is C17H22N4O. The van der Waals surface area contributed by atoms with Crippen molar-refractivity contribution in [2.45, 2.75) is 32.2 Å². The number of rotatable bonds is 4. The van der Waals surface area contributed by atoms with Crippen LogP contribution in [-0.2, 0) is 6.54 Å². The molecular weight excluding hydrogens is 276 g/mol. The first kappa shape index (κ1) is 14.9. The van der Waals surface area contributed by atoms with Gasteiger partial charge in [-0.15, -0.1) is 0 Å². The summed E-state index contributed by atoms with van der Waals surface area (Å²) in [4.78, 5) is 15.3. The van der Waals surface area contributed by atoms with Crippen LogP contribution in [0.3, 0.4) is 0 Å². The maximum absolute atomic E-state index is 5.10. The van der Waals surface area contributed by atoms with Gasteiger partial charge in [-0.1, -0.05) is 6.07 Å². The summed E-state index contributed by atoms with van der Waals surface area (Å²) in [5.41, 5.74) is 3.67. The highest BCUT2D eigenvalue weighted by atomic mass is 16.5. The average Bonchev–Trinajstić information content (AvgIpc) is 2.57. The fourth-order valence-corrected chi connectivity index (χ4v) is 3.08. The molecule has 3 rings (SSSR count). The summed E-state index contributed by atoms with van der Waals surface area (Å²) >= 11 is 0. The second-order valence-electron chi connectivity index (χ2n) is 5.85. The summed E-state index contributed by atoms with van der Waals surface area (Å²) in [7, 11) is 1.64. The van der Waals surface area contributed by atoms with E-state index in [1.807, 2.05) is 18.5 Å². The van der Waals surface area contributed by atoms with E-state index in [0.717, 1.165) is 32.5 Å². The second kappa shape index (κ2) is 6.83. The van der Waals surface area contributed by atoms with Crippen LogP contribution in [0.15, 0.2) is 30.9 Å². The van der Waals surface area contributed by atoms with Crippen LogP contribution in [0.1, 0.15) is 35.6 Å². The van der Waals surface area contributed by atoms with Crippen molar-refractivity contribution >= 4 is 0 Å². The molecule has 1 aliphatic rings. The van der Waals surface area contributed by atoms with Crippen LogP contribution in [0, 0.1) is 6.92 Å². The third-order valence-corrected chi connectivity index (χ3v) is 4.32. The third kappa shape index (κ3) is 3.42. The van der Waals surface area contributed by atoms with Gasteiger partial charge in [0.1, 0.15) is 6.33 Å². The van der Waals surface area contributed by atoms with Gasteiger partial charge in [-0.05, 0) is 44.0 Å². The van der Waals surface area contributed by atoms with E-state index in [4.69, 9.17) is 4.74 Å². The van der Waals surface area contributed by atoms with Gasteiger partial charge in [0.25, 0.3) is 0 Å². The Kier molecular flexibility index (Phi) is 4.63. The molecule has 116 valence electrons. The Morgan fingerprint density at radius 3 is 2.64 bits per heavy atom. The fourth-order valence-electron chi connectivity index (χ4n) is 3.08. The Balaban J connectivity index is 1.56. The lowest BCUT2D eigenvalue weighted by Gasteiger charge is -2.32. The number of pyridine rings is 1. The molecule has 3 heterocycles. The van der Waals surface area contributed by atoms with Gasteiger partial charge in [0.15, 0.2) is 0 Å². The summed E-state index contributed by atoms with van der Waals surface area (Å²) in [6.07, 6.45) is 7.79. The quantitative estimate of drug-likeness (QED) is 0.868. The van der Waals surface area contributed by atoms with Crippen LogP contribution in [-0.4, -0.2) is 40.1 Å². The number of aromatic nitrogens is 3. The van der Waals surface area contributed by atoms with Crippen molar-refractivity contribution in [3.8, 4) is 5.88 Å². The number of aryl methyl sites for hydroxylation is 1. The van der Waals surface area contributed by atoms with Gasteiger partial charge < -0.3 is 4.74 Å². The highest BCUT2D eigenvalue weighted by molar-refractivity contribution is 5.20. The molecule has 0 N–H and O–H groups in total.